The largest absolute Gasteiger partial charge is 0.355 e. The zero-order chi connectivity index (χ0) is 14.7. The van der Waals surface area contributed by atoms with Crippen LogP contribution in [-0.4, -0.2) is 43.6 Å². The summed E-state index contributed by atoms with van der Waals surface area (Å²) in [6, 6.07) is 4.31. The van der Waals surface area contributed by atoms with Crippen LogP contribution in [0.5, 0.6) is 0 Å². The van der Waals surface area contributed by atoms with Crippen molar-refractivity contribution in [1.29, 1.82) is 5.26 Å². The summed E-state index contributed by atoms with van der Waals surface area (Å²) in [5.41, 5.74) is 2.76. The van der Waals surface area contributed by atoms with Gasteiger partial charge in [-0.3, -0.25) is 0 Å². The molecule has 1 aromatic heterocycles. The Bertz CT molecular complexity index is 508. The molecule has 0 bridgehead atoms. The van der Waals surface area contributed by atoms with E-state index in [1.165, 1.54) is 12.8 Å². The SMILES string of the molecule is Cc1cc(C)c(C#N)c(N2CCC(CN(C)C)CC2)n1. The summed E-state index contributed by atoms with van der Waals surface area (Å²) < 4.78 is 0. The summed E-state index contributed by atoms with van der Waals surface area (Å²) in [7, 11) is 4.26. The van der Waals surface area contributed by atoms with Gasteiger partial charge in [0.05, 0.1) is 5.56 Å². The molecule has 0 radical (unpaired) electrons. The van der Waals surface area contributed by atoms with Crippen LogP contribution < -0.4 is 4.90 Å². The minimum atomic E-state index is 0.738. The number of aromatic nitrogens is 1. The van der Waals surface area contributed by atoms with E-state index in [1.54, 1.807) is 0 Å². The minimum Gasteiger partial charge on any atom is -0.355 e. The normalized spacial score (nSPS) is 16.5. The van der Waals surface area contributed by atoms with E-state index in [0.29, 0.717) is 0 Å². The van der Waals surface area contributed by atoms with E-state index in [2.05, 4.69) is 34.9 Å². The highest BCUT2D eigenvalue weighted by atomic mass is 15.2. The maximum absolute atomic E-state index is 9.37. The van der Waals surface area contributed by atoms with Gasteiger partial charge in [-0.15, -0.1) is 0 Å². The standard InChI is InChI=1S/C16H24N4/c1-12-9-13(2)18-16(15(12)10-17)20-7-5-14(6-8-20)11-19(3)4/h9,14H,5-8,11H2,1-4H3. The summed E-state index contributed by atoms with van der Waals surface area (Å²) in [6.45, 7) is 7.15. The summed E-state index contributed by atoms with van der Waals surface area (Å²) >= 11 is 0. The zero-order valence-corrected chi connectivity index (χ0v) is 13.0. The van der Waals surface area contributed by atoms with Crippen LogP contribution in [0.15, 0.2) is 6.07 Å². The Hall–Kier alpha value is -1.60. The second kappa shape index (κ2) is 6.23. The lowest BCUT2D eigenvalue weighted by molar-refractivity contribution is 0.284. The quantitative estimate of drug-likeness (QED) is 0.847. The topological polar surface area (TPSA) is 43.2 Å². The number of nitrogens with zero attached hydrogens (tertiary/aromatic N) is 4. The highest BCUT2D eigenvalue weighted by Gasteiger charge is 2.23. The van der Waals surface area contributed by atoms with E-state index in [-0.39, 0.29) is 0 Å². The highest BCUT2D eigenvalue weighted by Crippen LogP contribution is 2.27. The number of hydrogen-bond donors (Lipinski definition) is 0. The second-order valence-corrected chi connectivity index (χ2v) is 6.08. The van der Waals surface area contributed by atoms with Gasteiger partial charge in [-0.25, -0.2) is 4.98 Å². The first-order valence-corrected chi connectivity index (χ1v) is 7.29. The van der Waals surface area contributed by atoms with Gasteiger partial charge in [0.15, 0.2) is 0 Å². The summed E-state index contributed by atoms with van der Waals surface area (Å²) in [5.74, 6) is 1.64. The number of piperidine rings is 1. The van der Waals surface area contributed by atoms with Crippen molar-refractivity contribution in [2.24, 2.45) is 5.92 Å². The molecule has 0 amide bonds. The van der Waals surface area contributed by atoms with Crippen LogP contribution in [0.1, 0.15) is 29.7 Å². The maximum Gasteiger partial charge on any atom is 0.147 e. The predicted molar refractivity (Wildman–Crippen MR) is 81.9 cm³/mol. The van der Waals surface area contributed by atoms with Crippen LogP contribution in [-0.2, 0) is 0 Å². The van der Waals surface area contributed by atoms with Crippen molar-refractivity contribution in [2.45, 2.75) is 26.7 Å². The fourth-order valence-electron chi connectivity index (χ4n) is 3.03. The third kappa shape index (κ3) is 3.29. The van der Waals surface area contributed by atoms with Gasteiger partial charge in [0.2, 0.25) is 0 Å². The van der Waals surface area contributed by atoms with E-state index in [4.69, 9.17) is 0 Å². The van der Waals surface area contributed by atoms with E-state index in [1.807, 2.05) is 19.9 Å². The van der Waals surface area contributed by atoms with Crippen molar-refractivity contribution < 1.29 is 0 Å². The Morgan fingerprint density at radius 2 is 2.00 bits per heavy atom. The lowest BCUT2D eigenvalue weighted by Crippen LogP contribution is -2.38. The molecule has 1 aromatic rings. The molecule has 4 nitrogen and oxygen atoms in total. The van der Waals surface area contributed by atoms with Crippen molar-refractivity contribution in [1.82, 2.24) is 9.88 Å². The molecule has 0 aliphatic carbocycles. The number of rotatable bonds is 3. The third-order valence-electron chi connectivity index (χ3n) is 3.97. The molecule has 0 spiro atoms. The molecule has 0 atom stereocenters. The van der Waals surface area contributed by atoms with E-state index < -0.39 is 0 Å². The molecular formula is C16H24N4. The van der Waals surface area contributed by atoms with Crippen LogP contribution in [0.3, 0.4) is 0 Å². The third-order valence-corrected chi connectivity index (χ3v) is 3.97. The van der Waals surface area contributed by atoms with Gasteiger partial charge in [-0.05, 0) is 58.3 Å². The fraction of sp³-hybridized carbons (Fsp3) is 0.625. The number of aryl methyl sites for hydroxylation is 2. The second-order valence-electron chi connectivity index (χ2n) is 6.08. The lowest BCUT2D eigenvalue weighted by atomic mass is 9.96. The van der Waals surface area contributed by atoms with Crippen LogP contribution in [0.2, 0.25) is 0 Å². The molecule has 0 aromatic carbocycles. The van der Waals surface area contributed by atoms with E-state index in [9.17, 15) is 5.26 Å². The maximum atomic E-state index is 9.37. The van der Waals surface area contributed by atoms with Crippen molar-refractivity contribution in [3.63, 3.8) is 0 Å². The Labute approximate surface area is 122 Å². The Morgan fingerprint density at radius 1 is 1.35 bits per heavy atom. The average molecular weight is 272 g/mol. The molecule has 4 heteroatoms. The molecule has 20 heavy (non-hydrogen) atoms. The van der Waals surface area contributed by atoms with Crippen LogP contribution in [0.4, 0.5) is 5.82 Å². The summed E-state index contributed by atoms with van der Waals surface area (Å²) in [4.78, 5) is 9.15. The smallest absolute Gasteiger partial charge is 0.147 e. The molecule has 1 aliphatic rings. The number of hydrogen-bond acceptors (Lipinski definition) is 4. The highest BCUT2D eigenvalue weighted by molar-refractivity contribution is 5.58. The summed E-state index contributed by atoms with van der Waals surface area (Å²) in [6.07, 6.45) is 2.36. The molecule has 0 N–H and O–H groups in total. The van der Waals surface area contributed by atoms with Crippen LogP contribution >= 0.6 is 0 Å². The summed E-state index contributed by atoms with van der Waals surface area (Å²) in [5, 5.41) is 9.37. The van der Waals surface area contributed by atoms with Gasteiger partial charge in [0.1, 0.15) is 11.9 Å². The fourth-order valence-corrected chi connectivity index (χ4v) is 3.03. The number of nitriles is 1. The molecule has 1 aliphatic heterocycles. The van der Waals surface area contributed by atoms with E-state index in [0.717, 1.165) is 48.2 Å². The molecule has 108 valence electrons. The molecule has 1 fully saturated rings. The van der Waals surface area contributed by atoms with Crippen molar-refractivity contribution in [3.8, 4) is 6.07 Å². The number of pyridine rings is 1. The van der Waals surface area contributed by atoms with Gasteiger partial charge < -0.3 is 9.80 Å². The number of anilines is 1. The first-order valence-electron chi connectivity index (χ1n) is 7.29. The minimum absolute atomic E-state index is 0.738. The molecular weight excluding hydrogens is 248 g/mol. The first kappa shape index (κ1) is 14.8. The van der Waals surface area contributed by atoms with Gasteiger partial charge in [-0.2, -0.15) is 5.26 Å². The molecule has 1 saturated heterocycles. The van der Waals surface area contributed by atoms with Crippen molar-refractivity contribution >= 4 is 5.82 Å². The van der Waals surface area contributed by atoms with Gasteiger partial charge in [0, 0.05) is 25.3 Å². The van der Waals surface area contributed by atoms with Crippen LogP contribution in [0.25, 0.3) is 0 Å². The van der Waals surface area contributed by atoms with Gasteiger partial charge in [-0.1, -0.05) is 0 Å². The molecule has 2 rings (SSSR count). The van der Waals surface area contributed by atoms with Gasteiger partial charge in [0.25, 0.3) is 0 Å². The molecule has 0 unspecified atom stereocenters. The molecule has 0 saturated carbocycles. The Morgan fingerprint density at radius 3 is 2.55 bits per heavy atom. The monoisotopic (exact) mass is 272 g/mol. The Kier molecular flexibility index (Phi) is 4.61. The predicted octanol–water partition coefficient (Wildman–Crippen LogP) is 2.35. The lowest BCUT2D eigenvalue weighted by Gasteiger charge is -2.34. The average Bonchev–Trinajstić information content (AvgIpc) is 2.38. The van der Waals surface area contributed by atoms with Crippen molar-refractivity contribution in [3.05, 3.63) is 22.9 Å². The zero-order valence-electron chi connectivity index (χ0n) is 13.0. The first-order chi connectivity index (χ1) is 9.51. The van der Waals surface area contributed by atoms with E-state index >= 15 is 0 Å². The van der Waals surface area contributed by atoms with Gasteiger partial charge >= 0.3 is 0 Å². The van der Waals surface area contributed by atoms with Crippen molar-refractivity contribution in [2.75, 3.05) is 38.6 Å². The Balaban J connectivity index is 2.13. The van der Waals surface area contributed by atoms with Crippen LogP contribution in [0, 0.1) is 31.1 Å². The molecule has 2 heterocycles.